The number of aliphatic hydroxyl groups is 1. The maximum atomic E-state index is 13.1. The predicted molar refractivity (Wildman–Crippen MR) is 381 cm³/mol. The normalized spacial score (nSPS) is 14.8. The minimum absolute atomic E-state index is 0.0846. The van der Waals surface area contributed by atoms with Gasteiger partial charge in [0.1, 0.15) is 19.3 Å². The molecule has 4 unspecified atom stereocenters. The Morgan fingerprint density at radius 3 is 0.947 bits per heavy atom. The Hall–Kier alpha value is -2.46. The van der Waals surface area contributed by atoms with E-state index in [9.17, 15) is 43.2 Å². The molecule has 19 heteroatoms. The van der Waals surface area contributed by atoms with Gasteiger partial charge in [-0.1, -0.05) is 304 Å². The second-order valence-electron chi connectivity index (χ2n) is 27.3. The van der Waals surface area contributed by atoms with Crippen LogP contribution in [0.1, 0.15) is 357 Å². The summed E-state index contributed by atoms with van der Waals surface area (Å²) in [5, 5.41) is 10.6. The maximum absolute atomic E-state index is 13.1. The van der Waals surface area contributed by atoms with Gasteiger partial charge in [-0.3, -0.25) is 37.3 Å². The van der Waals surface area contributed by atoms with Gasteiger partial charge in [0.05, 0.1) is 26.4 Å². The van der Waals surface area contributed by atoms with Gasteiger partial charge in [-0.25, -0.2) is 9.13 Å². The van der Waals surface area contributed by atoms with Crippen molar-refractivity contribution in [3.8, 4) is 0 Å². The van der Waals surface area contributed by atoms with E-state index in [1.165, 1.54) is 148 Å². The number of hydrogen-bond donors (Lipinski definition) is 3. The van der Waals surface area contributed by atoms with Crippen LogP contribution in [-0.4, -0.2) is 96.7 Å². The van der Waals surface area contributed by atoms with Crippen molar-refractivity contribution >= 4 is 39.5 Å². The quantitative estimate of drug-likeness (QED) is 0.0169. The predicted octanol–water partition coefficient (Wildman–Crippen LogP) is 21.3. The van der Waals surface area contributed by atoms with Crippen LogP contribution in [0.5, 0.6) is 0 Å². The Morgan fingerprint density at radius 1 is 0.351 bits per heavy atom. The van der Waals surface area contributed by atoms with Crippen molar-refractivity contribution in [3.63, 3.8) is 0 Å². The lowest BCUT2D eigenvalue weighted by Crippen LogP contribution is -2.30. The van der Waals surface area contributed by atoms with Crippen LogP contribution in [0.3, 0.4) is 0 Å². The summed E-state index contributed by atoms with van der Waals surface area (Å²) >= 11 is 0. The molecule has 0 aromatic rings. The number of phosphoric ester groups is 2. The Labute approximate surface area is 573 Å². The van der Waals surface area contributed by atoms with Gasteiger partial charge in [0, 0.05) is 25.7 Å². The highest BCUT2D eigenvalue weighted by Gasteiger charge is 2.30. The van der Waals surface area contributed by atoms with E-state index in [2.05, 4.69) is 72.8 Å². The number of carbonyl (C=O) groups excluding carboxylic acids is 4. The van der Waals surface area contributed by atoms with E-state index < -0.39 is 97.5 Å². The molecule has 554 valence electrons. The van der Waals surface area contributed by atoms with Crippen molar-refractivity contribution in [2.75, 3.05) is 39.6 Å². The Bertz CT molecular complexity index is 1930. The first-order valence-corrected chi connectivity index (χ1v) is 41.2. The van der Waals surface area contributed by atoms with Gasteiger partial charge in [-0.15, -0.1) is 0 Å². The number of aliphatic hydroxyl groups excluding tert-OH is 1. The molecule has 94 heavy (non-hydrogen) atoms. The van der Waals surface area contributed by atoms with Gasteiger partial charge in [-0.05, 0) is 69.1 Å². The molecule has 0 aliphatic carbocycles. The number of carbonyl (C=O) groups is 4. The molecule has 7 atom stereocenters. The van der Waals surface area contributed by atoms with Crippen molar-refractivity contribution in [1.82, 2.24) is 0 Å². The lowest BCUT2D eigenvalue weighted by molar-refractivity contribution is -0.161. The second-order valence-corrected chi connectivity index (χ2v) is 30.2. The number of esters is 4. The number of allylic oxidation sites excluding steroid dienone is 4. The highest BCUT2D eigenvalue weighted by molar-refractivity contribution is 7.47. The summed E-state index contributed by atoms with van der Waals surface area (Å²) in [5.41, 5.74) is 0. The fraction of sp³-hybridized carbons (Fsp3) is 0.893. The fourth-order valence-electron chi connectivity index (χ4n) is 10.8. The standard InChI is InChI=1S/C75H142O17P2/c1-8-11-12-13-14-15-16-17-18-19-24-30-35-44-51-58-74(79)91-70(62-85-72(77)56-49-42-34-29-23-21-20-22-27-32-39-46-53-66(4)5)64-89-93(81,82)87-60-69(76)61-88-94(83,84)90-65-71(63-86-73(78)57-50-43-38-37-41-48-55-68(7)10-3)92-75(80)59-52-45-36-31-26-25-28-33-40-47-54-67(6)9-2/h15-18,66-71,76H,8-14,19-65H2,1-7H3,(H,81,82)(H,83,84)/b16-15-,18-17-/t67?,68?,69-,70-,71-/m1/s1. The summed E-state index contributed by atoms with van der Waals surface area (Å²) in [6, 6.07) is 0. The van der Waals surface area contributed by atoms with E-state index in [-0.39, 0.29) is 25.7 Å². The van der Waals surface area contributed by atoms with E-state index in [4.69, 9.17) is 37.0 Å². The zero-order chi connectivity index (χ0) is 69.4. The topological polar surface area (TPSA) is 237 Å². The minimum Gasteiger partial charge on any atom is -0.462 e. The summed E-state index contributed by atoms with van der Waals surface area (Å²) in [7, 11) is -9.92. The summed E-state index contributed by atoms with van der Waals surface area (Å²) in [4.78, 5) is 72.8. The van der Waals surface area contributed by atoms with Crippen molar-refractivity contribution in [2.45, 2.75) is 375 Å². The first-order chi connectivity index (χ1) is 45.3. The van der Waals surface area contributed by atoms with Crippen LogP contribution < -0.4 is 0 Å². The van der Waals surface area contributed by atoms with Crippen molar-refractivity contribution in [3.05, 3.63) is 24.3 Å². The molecule has 0 aliphatic heterocycles. The molecule has 0 bridgehead atoms. The molecule has 0 saturated carbocycles. The molecule has 0 spiro atoms. The van der Waals surface area contributed by atoms with E-state index in [0.717, 1.165) is 127 Å². The first-order valence-electron chi connectivity index (χ1n) is 38.2. The zero-order valence-corrected chi connectivity index (χ0v) is 62.7. The van der Waals surface area contributed by atoms with Crippen LogP contribution in [0, 0.1) is 17.8 Å². The van der Waals surface area contributed by atoms with Gasteiger partial charge < -0.3 is 33.8 Å². The van der Waals surface area contributed by atoms with Crippen LogP contribution in [-0.2, 0) is 65.4 Å². The van der Waals surface area contributed by atoms with E-state index in [0.29, 0.717) is 25.7 Å². The van der Waals surface area contributed by atoms with Crippen LogP contribution in [0.15, 0.2) is 24.3 Å². The summed E-state index contributed by atoms with van der Waals surface area (Å²) < 4.78 is 68.4. The molecule has 0 radical (unpaired) electrons. The average molecular weight is 1380 g/mol. The highest BCUT2D eigenvalue weighted by Crippen LogP contribution is 2.45. The number of rotatable bonds is 71. The minimum atomic E-state index is -4.97. The average Bonchev–Trinajstić information content (AvgIpc) is 1.39. The van der Waals surface area contributed by atoms with Crippen LogP contribution in [0.25, 0.3) is 0 Å². The second kappa shape index (κ2) is 65.2. The largest absolute Gasteiger partial charge is 0.472 e. The summed E-state index contributed by atoms with van der Waals surface area (Å²) in [6.07, 6.45) is 53.4. The molecule has 0 fully saturated rings. The van der Waals surface area contributed by atoms with Gasteiger partial charge in [0.2, 0.25) is 0 Å². The zero-order valence-electron chi connectivity index (χ0n) is 60.9. The smallest absolute Gasteiger partial charge is 0.462 e. The summed E-state index contributed by atoms with van der Waals surface area (Å²) in [5.74, 6) is 0.159. The van der Waals surface area contributed by atoms with Gasteiger partial charge in [0.15, 0.2) is 12.2 Å². The third kappa shape index (κ3) is 65.5. The molecule has 0 rings (SSSR count). The van der Waals surface area contributed by atoms with Crippen LogP contribution >= 0.6 is 15.6 Å². The third-order valence-corrected chi connectivity index (χ3v) is 19.4. The molecule has 0 aliphatic rings. The van der Waals surface area contributed by atoms with E-state index >= 15 is 0 Å². The number of phosphoric acid groups is 2. The molecule has 0 amide bonds. The lowest BCUT2D eigenvalue weighted by atomic mass is 9.99. The number of ether oxygens (including phenoxy) is 4. The van der Waals surface area contributed by atoms with E-state index in [1.807, 2.05) is 0 Å². The van der Waals surface area contributed by atoms with Crippen LogP contribution in [0.2, 0.25) is 0 Å². The molecule has 17 nitrogen and oxygen atoms in total. The molecule has 3 N–H and O–H groups in total. The molecule has 0 aromatic heterocycles. The van der Waals surface area contributed by atoms with Crippen molar-refractivity contribution < 1.29 is 80.2 Å². The molecular weight excluding hydrogens is 1230 g/mol. The van der Waals surface area contributed by atoms with Gasteiger partial charge in [0.25, 0.3) is 0 Å². The Kier molecular flexibility index (Phi) is 63.5. The van der Waals surface area contributed by atoms with Gasteiger partial charge >= 0.3 is 39.5 Å². The molecule has 0 heterocycles. The van der Waals surface area contributed by atoms with E-state index in [1.54, 1.807) is 0 Å². The number of hydrogen-bond acceptors (Lipinski definition) is 15. The summed E-state index contributed by atoms with van der Waals surface area (Å²) in [6.45, 7) is 11.8. The highest BCUT2D eigenvalue weighted by atomic mass is 31.2. The van der Waals surface area contributed by atoms with Gasteiger partial charge in [-0.2, -0.15) is 0 Å². The number of unbranched alkanes of at least 4 members (excludes halogenated alkanes) is 34. The third-order valence-electron chi connectivity index (χ3n) is 17.5. The van der Waals surface area contributed by atoms with Crippen molar-refractivity contribution in [2.24, 2.45) is 17.8 Å². The monoisotopic (exact) mass is 1380 g/mol. The fourth-order valence-corrected chi connectivity index (χ4v) is 12.4. The Balaban J connectivity index is 5.30. The van der Waals surface area contributed by atoms with Crippen molar-refractivity contribution in [1.29, 1.82) is 0 Å². The molecule has 0 saturated heterocycles. The maximum Gasteiger partial charge on any atom is 0.472 e. The Morgan fingerprint density at radius 2 is 0.628 bits per heavy atom. The molecular formula is C75H142O17P2. The van der Waals surface area contributed by atoms with Crippen LogP contribution in [0.4, 0.5) is 0 Å². The SMILES string of the molecule is CCCCCC/C=C\C=C/CCCCCCCC(=O)O[C@H](COC(=O)CCCCCCCCCCCCCCC(C)C)COP(=O)(O)OC[C@@H](O)COP(=O)(O)OC[C@@H](COC(=O)CCCCCCCCC(C)CC)OC(=O)CCCCCCCCCCCCC(C)CC. The lowest BCUT2D eigenvalue weighted by Gasteiger charge is -2.21. The molecule has 0 aromatic carbocycles. The first kappa shape index (κ1) is 91.5.